The van der Waals surface area contributed by atoms with Crippen LogP contribution >= 0.6 is 0 Å². The lowest BCUT2D eigenvalue weighted by atomic mass is 10.2. The standard InChI is InChI=1S/C14H18N2O4/c1-2-3-6-15-13(17)14(18)16-10-4-5-11-12(9-10)20-8-7-19-11/h4-5,9H,2-3,6-8H2,1H3,(H,15,17)(H,16,18). The van der Waals surface area contributed by atoms with Gasteiger partial charge < -0.3 is 20.1 Å². The highest BCUT2D eigenvalue weighted by Gasteiger charge is 2.16. The van der Waals surface area contributed by atoms with E-state index in [-0.39, 0.29) is 0 Å². The summed E-state index contributed by atoms with van der Waals surface area (Å²) in [6.07, 6.45) is 1.81. The first-order valence-electron chi connectivity index (χ1n) is 6.69. The number of nitrogens with one attached hydrogen (secondary N) is 2. The minimum absolute atomic E-state index is 0.474. The number of amides is 2. The Bertz CT molecular complexity index is 502. The van der Waals surface area contributed by atoms with Crippen LogP contribution in [0.4, 0.5) is 5.69 Å². The van der Waals surface area contributed by atoms with Crippen LogP contribution in [-0.2, 0) is 9.59 Å². The van der Waals surface area contributed by atoms with Gasteiger partial charge in [-0.25, -0.2) is 0 Å². The van der Waals surface area contributed by atoms with Gasteiger partial charge in [-0.1, -0.05) is 13.3 Å². The topological polar surface area (TPSA) is 76.7 Å². The molecule has 0 radical (unpaired) electrons. The number of unbranched alkanes of at least 4 members (excludes halogenated alkanes) is 1. The molecule has 1 aliphatic heterocycles. The molecular formula is C14H18N2O4. The van der Waals surface area contributed by atoms with Crippen LogP contribution in [-0.4, -0.2) is 31.6 Å². The fourth-order valence-corrected chi connectivity index (χ4v) is 1.77. The second-order valence-corrected chi connectivity index (χ2v) is 4.42. The smallest absolute Gasteiger partial charge is 0.313 e. The zero-order valence-electron chi connectivity index (χ0n) is 11.4. The van der Waals surface area contributed by atoms with Crippen LogP contribution in [0.5, 0.6) is 11.5 Å². The van der Waals surface area contributed by atoms with Crippen molar-refractivity contribution in [2.24, 2.45) is 0 Å². The molecule has 6 nitrogen and oxygen atoms in total. The van der Waals surface area contributed by atoms with Crippen molar-refractivity contribution in [3.8, 4) is 11.5 Å². The molecule has 0 bridgehead atoms. The van der Waals surface area contributed by atoms with E-state index in [1.54, 1.807) is 18.2 Å². The Hall–Kier alpha value is -2.24. The van der Waals surface area contributed by atoms with E-state index in [0.717, 1.165) is 12.8 Å². The Kier molecular flexibility index (Phi) is 4.81. The number of hydrogen-bond donors (Lipinski definition) is 2. The monoisotopic (exact) mass is 278 g/mol. The molecule has 108 valence electrons. The Morgan fingerprint density at radius 3 is 2.65 bits per heavy atom. The quantitative estimate of drug-likeness (QED) is 0.643. The third-order valence-electron chi connectivity index (χ3n) is 2.82. The number of anilines is 1. The van der Waals surface area contributed by atoms with Crippen molar-refractivity contribution in [3.05, 3.63) is 18.2 Å². The maximum atomic E-state index is 11.7. The molecule has 0 spiro atoms. The first kappa shape index (κ1) is 14.2. The molecule has 0 atom stereocenters. The fourth-order valence-electron chi connectivity index (χ4n) is 1.77. The molecule has 20 heavy (non-hydrogen) atoms. The number of carbonyl (C=O) groups is 2. The van der Waals surface area contributed by atoms with Crippen LogP contribution in [0.25, 0.3) is 0 Å². The van der Waals surface area contributed by atoms with E-state index in [2.05, 4.69) is 10.6 Å². The van der Waals surface area contributed by atoms with Gasteiger partial charge in [-0.05, 0) is 18.6 Å². The molecular weight excluding hydrogens is 260 g/mol. The van der Waals surface area contributed by atoms with Gasteiger partial charge in [0.15, 0.2) is 11.5 Å². The highest BCUT2D eigenvalue weighted by Crippen LogP contribution is 2.32. The molecule has 0 aliphatic carbocycles. The number of carbonyl (C=O) groups excluding carboxylic acids is 2. The predicted molar refractivity (Wildman–Crippen MR) is 74.0 cm³/mol. The number of fused-ring (bicyclic) bond motifs is 1. The molecule has 2 N–H and O–H groups in total. The number of benzene rings is 1. The van der Waals surface area contributed by atoms with Gasteiger partial charge in [0.2, 0.25) is 0 Å². The molecule has 0 saturated carbocycles. The Morgan fingerprint density at radius 1 is 1.15 bits per heavy atom. The van der Waals surface area contributed by atoms with Crippen molar-refractivity contribution >= 4 is 17.5 Å². The average molecular weight is 278 g/mol. The zero-order chi connectivity index (χ0) is 14.4. The van der Waals surface area contributed by atoms with Gasteiger partial charge in [-0.2, -0.15) is 0 Å². The third-order valence-corrected chi connectivity index (χ3v) is 2.82. The molecule has 1 aromatic carbocycles. The van der Waals surface area contributed by atoms with Crippen LogP contribution in [0.1, 0.15) is 19.8 Å². The number of hydrogen-bond acceptors (Lipinski definition) is 4. The van der Waals surface area contributed by atoms with Crippen LogP contribution in [0, 0.1) is 0 Å². The molecule has 0 unspecified atom stereocenters. The number of rotatable bonds is 4. The highest BCUT2D eigenvalue weighted by atomic mass is 16.6. The van der Waals surface area contributed by atoms with E-state index in [9.17, 15) is 9.59 Å². The van der Waals surface area contributed by atoms with Crippen molar-refractivity contribution in [1.82, 2.24) is 5.32 Å². The second kappa shape index (κ2) is 6.79. The van der Waals surface area contributed by atoms with E-state index in [1.807, 2.05) is 6.92 Å². The van der Waals surface area contributed by atoms with Crippen LogP contribution in [0.15, 0.2) is 18.2 Å². The molecule has 0 saturated heterocycles. The number of ether oxygens (including phenoxy) is 2. The lowest BCUT2D eigenvalue weighted by Crippen LogP contribution is -2.35. The molecule has 0 aromatic heterocycles. The summed E-state index contributed by atoms with van der Waals surface area (Å²) >= 11 is 0. The summed E-state index contributed by atoms with van der Waals surface area (Å²) in [5.41, 5.74) is 0.505. The molecule has 2 amide bonds. The molecule has 2 rings (SSSR count). The molecule has 1 heterocycles. The molecule has 1 aromatic rings. The lowest BCUT2D eigenvalue weighted by Gasteiger charge is -2.18. The Morgan fingerprint density at radius 2 is 1.90 bits per heavy atom. The lowest BCUT2D eigenvalue weighted by molar-refractivity contribution is -0.136. The third kappa shape index (κ3) is 3.63. The Balaban J connectivity index is 1.92. The van der Waals surface area contributed by atoms with E-state index >= 15 is 0 Å². The van der Waals surface area contributed by atoms with Crippen molar-refractivity contribution < 1.29 is 19.1 Å². The van der Waals surface area contributed by atoms with Gasteiger partial charge in [0.1, 0.15) is 13.2 Å². The predicted octanol–water partition coefficient (Wildman–Crippen LogP) is 1.31. The summed E-state index contributed by atoms with van der Waals surface area (Å²) in [5, 5.41) is 5.09. The van der Waals surface area contributed by atoms with Gasteiger partial charge in [-0.3, -0.25) is 9.59 Å². The van der Waals surface area contributed by atoms with Crippen LogP contribution in [0.3, 0.4) is 0 Å². The molecule has 1 aliphatic rings. The normalized spacial score (nSPS) is 12.7. The fraction of sp³-hybridized carbons (Fsp3) is 0.429. The Labute approximate surface area is 117 Å². The van der Waals surface area contributed by atoms with Gasteiger partial charge in [-0.15, -0.1) is 0 Å². The average Bonchev–Trinajstić information content (AvgIpc) is 2.47. The maximum absolute atomic E-state index is 11.7. The highest BCUT2D eigenvalue weighted by molar-refractivity contribution is 6.39. The van der Waals surface area contributed by atoms with Gasteiger partial charge in [0.05, 0.1) is 0 Å². The summed E-state index contributed by atoms with van der Waals surface area (Å²) < 4.78 is 10.8. The van der Waals surface area contributed by atoms with Crippen LogP contribution < -0.4 is 20.1 Å². The second-order valence-electron chi connectivity index (χ2n) is 4.42. The summed E-state index contributed by atoms with van der Waals surface area (Å²) in [4.78, 5) is 23.2. The van der Waals surface area contributed by atoms with E-state index in [4.69, 9.17) is 9.47 Å². The summed E-state index contributed by atoms with van der Waals surface area (Å²) in [7, 11) is 0. The van der Waals surface area contributed by atoms with Gasteiger partial charge in [0.25, 0.3) is 0 Å². The zero-order valence-corrected chi connectivity index (χ0v) is 11.4. The van der Waals surface area contributed by atoms with Crippen molar-refractivity contribution in [3.63, 3.8) is 0 Å². The largest absolute Gasteiger partial charge is 0.486 e. The minimum Gasteiger partial charge on any atom is -0.486 e. The van der Waals surface area contributed by atoms with Gasteiger partial charge in [0, 0.05) is 18.3 Å². The van der Waals surface area contributed by atoms with Crippen molar-refractivity contribution in [1.29, 1.82) is 0 Å². The van der Waals surface area contributed by atoms with Gasteiger partial charge >= 0.3 is 11.8 Å². The SMILES string of the molecule is CCCCNC(=O)C(=O)Nc1ccc2c(c1)OCCO2. The first-order chi connectivity index (χ1) is 9.70. The summed E-state index contributed by atoms with van der Waals surface area (Å²) in [6, 6.07) is 5.02. The van der Waals surface area contributed by atoms with E-state index < -0.39 is 11.8 Å². The molecule has 0 fully saturated rings. The summed E-state index contributed by atoms with van der Waals surface area (Å²) in [5.74, 6) is -0.104. The first-order valence-corrected chi connectivity index (χ1v) is 6.69. The minimum atomic E-state index is -0.683. The van der Waals surface area contributed by atoms with E-state index in [0.29, 0.717) is 36.9 Å². The van der Waals surface area contributed by atoms with E-state index in [1.165, 1.54) is 0 Å². The summed E-state index contributed by atoms with van der Waals surface area (Å²) in [6.45, 7) is 3.51. The maximum Gasteiger partial charge on any atom is 0.313 e. The molecule has 6 heteroatoms. The van der Waals surface area contributed by atoms with Crippen molar-refractivity contribution in [2.45, 2.75) is 19.8 Å². The van der Waals surface area contributed by atoms with Crippen LogP contribution in [0.2, 0.25) is 0 Å². The van der Waals surface area contributed by atoms with Crippen molar-refractivity contribution in [2.75, 3.05) is 25.1 Å².